The highest BCUT2D eigenvalue weighted by atomic mass is 16.2. The summed E-state index contributed by atoms with van der Waals surface area (Å²) < 4.78 is 0. The summed E-state index contributed by atoms with van der Waals surface area (Å²) in [5.41, 5.74) is 11.3. The van der Waals surface area contributed by atoms with Gasteiger partial charge >= 0.3 is 0 Å². The number of hydrogen-bond donors (Lipinski definition) is 3. The van der Waals surface area contributed by atoms with Crippen molar-refractivity contribution in [3.63, 3.8) is 0 Å². The van der Waals surface area contributed by atoms with Crippen LogP contribution in [-0.2, 0) is 13.0 Å². The Labute approximate surface area is 210 Å². The van der Waals surface area contributed by atoms with Crippen molar-refractivity contribution in [3.05, 3.63) is 77.5 Å². The number of benzene rings is 1. The van der Waals surface area contributed by atoms with Crippen molar-refractivity contribution in [2.75, 3.05) is 0 Å². The number of nitrogens with one attached hydrogen (secondary N) is 2. The molecule has 36 heavy (non-hydrogen) atoms. The number of nitrogens with two attached hydrogens (primary N) is 1. The van der Waals surface area contributed by atoms with E-state index < -0.39 is 0 Å². The van der Waals surface area contributed by atoms with Crippen LogP contribution in [0.5, 0.6) is 0 Å². The van der Waals surface area contributed by atoms with Crippen molar-refractivity contribution in [3.8, 4) is 11.1 Å². The Kier molecular flexibility index (Phi) is 8.17. The first-order chi connectivity index (χ1) is 17.5. The summed E-state index contributed by atoms with van der Waals surface area (Å²) in [4.78, 5) is 33.9. The highest BCUT2D eigenvalue weighted by Gasteiger charge is 2.16. The van der Waals surface area contributed by atoms with Gasteiger partial charge in [0.1, 0.15) is 11.4 Å². The smallest absolute Gasteiger partial charge is 0.270 e. The molecule has 0 aliphatic carbocycles. The van der Waals surface area contributed by atoms with Gasteiger partial charge in [-0.05, 0) is 66.6 Å². The molecule has 0 radical (unpaired) electrons. The first-order valence-corrected chi connectivity index (χ1v) is 12.4. The van der Waals surface area contributed by atoms with Crippen LogP contribution in [0.4, 0.5) is 0 Å². The number of carbonyl (C=O) groups excluding carboxylic acids is 2. The van der Waals surface area contributed by atoms with Crippen molar-refractivity contribution in [1.82, 2.24) is 25.5 Å². The molecule has 0 saturated heterocycles. The second-order valence-corrected chi connectivity index (χ2v) is 8.93. The van der Waals surface area contributed by atoms with Crippen molar-refractivity contribution in [1.29, 1.82) is 0 Å². The third-order valence-electron chi connectivity index (χ3n) is 6.44. The molecular formula is C28H32N6O2. The van der Waals surface area contributed by atoms with Crippen LogP contribution in [0.2, 0.25) is 0 Å². The van der Waals surface area contributed by atoms with Crippen LogP contribution < -0.4 is 11.1 Å². The third-order valence-corrected chi connectivity index (χ3v) is 6.44. The molecule has 3 aromatic heterocycles. The number of nitrogens with zero attached hydrogens (tertiary/aromatic N) is 3. The summed E-state index contributed by atoms with van der Waals surface area (Å²) in [7, 11) is 0. The molecule has 0 fully saturated rings. The van der Waals surface area contributed by atoms with E-state index in [0.29, 0.717) is 37.2 Å². The molecule has 0 aliphatic heterocycles. The Morgan fingerprint density at radius 1 is 1.00 bits per heavy atom. The maximum absolute atomic E-state index is 13.0. The van der Waals surface area contributed by atoms with E-state index in [2.05, 4.69) is 39.3 Å². The number of hydrogen-bond acceptors (Lipinski definition) is 6. The highest BCUT2D eigenvalue weighted by Crippen LogP contribution is 2.26. The van der Waals surface area contributed by atoms with Gasteiger partial charge in [-0.15, -0.1) is 0 Å². The predicted octanol–water partition coefficient (Wildman–Crippen LogP) is 4.60. The van der Waals surface area contributed by atoms with Crippen LogP contribution in [0.3, 0.4) is 0 Å². The topological polar surface area (TPSA) is 127 Å². The number of aryl methyl sites for hydroxylation is 1. The predicted molar refractivity (Wildman–Crippen MR) is 141 cm³/mol. The lowest BCUT2D eigenvalue weighted by Crippen LogP contribution is -2.34. The number of amides is 1. The van der Waals surface area contributed by atoms with Gasteiger partial charge in [0, 0.05) is 48.5 Å². The van der Waals surface area contributed by atoms with Gasteiger partial charge in [-0.2, -0.15) is 5.10 Å². The highest BCUT2D eigenvalue weighted by molar-refractivity contribution is 6.06. The second-order valence-electron chi connectivity index (χ2n) is 8.93. The Bertz CT molecular complexity index is 1340. The molecule has 186 valence electrons. The van der Waals surface area contributed by atoms with Crippen LogP contribution in [0.15, 0.2) is 55.0 Å². The number of H-pyrrole nitrogens is 1. The fraction of sp³-hybridized carbons (Fsp3) is 0.321. The molecule has 1 aromatic carbocycles. The fourth-order valence-corrected chi connectivity index (χ4v) is 4.19. The van der Waals surface area contributed by atoms with E-state index in [9.17, 15) is 9.59 Å². The van der Waals surface area contributed by atoms with Gasteiger partial charge in [0.15, 0.2) is 5.78 Å². The maximum atomic E-state index is 13.0. The van der Waals surface area contributed by atoms with E-state index in [-0.39, 0.29) is 17.7 Å². The second kappa shape index (κ2) is 11.7. The fourth-order valence-electron chi connectivity index (χ4n) is 4.19. The van der Waals surface area contributed by atoms with E-state index in [4.69, 9.17) is 5.73 Å². The van der Waals surface area contributed by atoms with Gasteiger partial charge < -0.3 is 11.1 Å². The molecule has 0 saturated carbocycles. The zero-order chi connectivity index (χ0) is 25.5. The summed E-state index contributed by atoms with van der Waals surface area (Å²) in [6, 6.07) is 11.7. The monoisotopic (exact) mass is 484 g/mol. The van der Waals surface area contributed by atoms with E-state index in [0.717, 1.165) is 46.0 Å². The number of rotatable bonds is 11. The summed E-state index contributed by atoms with van der Waals surface area (Å²) in [5.74, 6) is -0.165. The first-order valence-electron chi connectivity index (χ1n) is 12.4. The SMILES string of the molecule is CCC(CC)NC(=O)c1ccc(CCCC(=O)c2n[nH]c3ccc(-c4cncc(CN)c4)cc23)cn1. The van der Waals surface area contributed by atoms with E-state index in [1.807, 2.05) is 30.3 Å². The molecule has 8 nitrogen and oxygen atoms in total. The van der Waals surface area contributed by atoms with E-state index >= 15 is 0 Å². The van der Waals surface area contributed by atoms with Crippen LogP contribution in [0.1, 0.15) is 71.6 Å². The summed E-state index contributed by atoms with van der Waals surface area (Å²) in [6.45, 7) is 4.52. The lowest BCUT2D eigenvalue weighted by atomic mass is 10.0. The zero-order valence-corrected chi connectivity index (χ0v) is 20.8. The van der Waals surface area contributed by atoms with E-state index in [1.165, 1.54) is 0 Å². The lowest BCUT2D eigenvalue weighted by molar-refractivity contribution is 0.0928. The minimum atomic E-state index is -0.152. The Morgan fingerprint density at radius 3 is 2.56 bits per heavy atom. The van der Waals surface area contributed by atoms with Gasteiger partial charge in [0.25, 0.3) is 5.91 Å². The molecular weight excluding hydrogens is 452 g/mol. The van der Waals surface area contributed by atoms with Gasteiger partial charge in [-0.1, -0.05) is 26.0 Å². The molecule has 0 aliphatic rings. The average molecular weight is 485 g/mol. The molecule has 4 N–H and O–H groups in total. The van der Waals surface area contributed by atoms with E-state index in [1.54, 1.807) is 24.7 Å². The molecule has 8 heteroatoms. The molecule has 1 amide bonds. The minimum Gasteiger partial charge on any atom is -0.348 e. The number of Topliss-reactive ketones (excluding diaryl/α,β-unsaturated/α-hetero) is 1. The third kappa shape index (κ3) is 5.83. The maximum Gasteiger partial charge on any atom is 0.270 e. The van der Waals surface area contributed by atoms with Crippen LogP contribution in [-0.4, -0.2) is 37.9 Å². The van der Waals surface area contributed by atoms with Crippen molar-refractivity contribution < 1.29 is 9.59 Å². The lowest BCUT2D eigenvalue weighted by Gasteiger charge is -2.14. The number of fused-ring (bicyclic) bond motifs is 1. The number of aromatic amines is 1. The summed E-state index contributed by atoms with van der Waals surface area (Å²) in [5, 5.41) is 11.0. The van der Waals surface area contributed by atoms with Gasteiger partial charge in [-0.3, -0.25) is 24.7 Å². The summed E-state index contributed by atoms with van der Waals surface area (Å²) >= 11 is 0. The van der Waals surface area contributed by atoms with Crippen LogP contribution in [0.25, 0.3) is 22.0 Å². The molecule has 4 aromatic rings. The first kappa shape index (κ1) is 25.2. The Hall–Kier alpha value is -3.91. The normalized spacial score (nSPS) is 11.2. The quantitative estimate of drug-likeness (QED) is 0.267. The number of ketones is 1. The van der Waals surface area contributed by atoms with Crippen molar-refractivity contribution in [2.24, 2.45) is 5.73 Å². The average Bonchev–Trinajstić information content (AvgIpc) is 3.35. The van der Waals surface area contributed by atoms with Gasteiger partial charge in [0.05, 0.1) is 5.52 Å². The summed E-state index contributed by atoms with van der Waals surface area (Å²) in [6.07, 6.45) is 8.75. The van der Waals surface area contributed by atoms with Gasteiger partial charge in [0.2, 0.25) is 0 Å². The molecule has 0 spiro atoms. The number of carbonyl (C=O) groups is 2. The number of aromatic nitrogens is 4. The Balaban J connectivity index is 1.38. The molecule has 4 rings (SSSR count). The van der Waals surface area contributed by atoms with Gasteiger partial charge in [-0.25, -0.2) is 0 Å². The van der Waals surface area contributed by atoms with Crippen LogP contribution >= 0.6 is 0 Å². The zero-order valence-electron chi connectivity index (χ0n) is 20.8. The largest absolute Gasteiger partial charge is 0.348 e. The Morgan fingerprint density at radius 2 is 1.83 bits per heavy atom. The van der Waals surface area contributed by atoms with Crippen molar-refractivity contribution in [2.45, 2.75) is 58.5 Å². The minimum absolute atomic E-state index is 0.0126. The molecule has 0 atom stereocenters. The molecule has 0 unspecified atom stereocenters. The standard InChI is InChI=1S/C28H32N6O2/c1-3-22(4-2)32-28(36)25-10-8-18(16-31-25)6-5-7-26(35)27-23-13-20(9-11-24(23)33-34-27)21-12-19(14-29)15-30-17-21/h8-13,15-17,22H,3-7,14,29H2,1-2H3,(H,32,36)(H,33,34). The number of pyridine rings is 2. The molecule has 0 bridgehead atoms. The van der Waals surface area contributed by atoms with Crippen LogP contribution in [0, 0.1) is 0 Å². The molecule has 3 heterocycles. The van der Waals surface area contributed by atoms with Crippen molar-refractivity contribution >= 4 is 22.6 Å².